The quantitative estimate of drug-likeness (QED) is 0.0923. The molecule has 1 aliphatic rings. The van der Waals surface area contributed by atoms with E-state index in [1.54, 1.807) is 0 Å². The van der Waals surface area contributed by atoms with E-state index >= 15 is 0 Å². The Labute approximate surface area is 278 Å². The number of ketones is 1. The van der Waals surface area contributed by atoms with Crippen LogP contribution in [-0.4, -0.2) is 15.9 Å². The first-order valence-electron chi connectivity index (χ1n) is 15.9. The van der Waals surface area contributed by atoms with Crippen LogP contribution in [0.5, 0.6) is 0 Å². The van der Waals surface area contributed by atoms with Crippen LogP contribution in [0, 0.1) is 29.7 Å². The van der Waals surface area contributed by atoms with E-state index in [0.29, 0.717) is 36.5 Å². The number of aliphatic hydroxyl groups excluding tert-OH is 1. The third kappa shape index (κ3) is 8.99. The summed E-state index contributed by atoms with van der Waals surface area (Å²) in [5, 5.41) is 11.9. The van der Waals surface area contributed by atoms with Crippen molar-refractivity contribution in [1.82, 2.24) is 4.98 Å². The summed E-state index contributed by atoms with van der Waals surface area (Å²) in [5.74, 6) is 2.23. The number of aliphatic hydroxyl groups is 1. The molecule has 3 aromatic carbocycles. The van der Waals surface area contributed by atoms with Crippen LogP contribution in [0.25, 0.3) is 44.3 Å². The molecule has 0 atom stereocenters. The molecule has 0 bridgehead atoms. The van der Waals surface area contributed by atoms with E-state index in [0.717, 1.165) is 24.1 Å². The monoisotopic (exact) mass is 767 g/mol. The smallest absolute Gasteiger partial charge is 0.159 e. The maximum Gasteiger partial charge on any atom is 0.159 e. The second kappa shape index (κ2) is 15.8. The Morgan fingerprint density at radius 1 is 0.773 bits per heavy atom. The van der Waals surface area contributed by atoms with E-state index in [1.807, 2.05) is 33.9 Å². The topological polar surface area (TPSA) is 50.2 Å². The normalized spacial score (nSPS) is 12.0. The summed E-state index contributed by atoms with van der Waals surface area (Å²) in [6.07, 6.45) is 6.57. The van der Waals surface area contributed by atoms with Crippen molar-refractivity contribution in [2.24, 2.45) is 23.7 Å². The Kier molecular flexibility index (Phi) is 12.7. The average molecular weight is 767 g/mol. The number of pyridine rings is 1. The minimum absolute atomic E-state index is 0. The van der Waals surface area contributed by atoms with Crippen LogP contribution in [0.2, 0.25) is 0 Å². The van der Waals surface area contributed by atoms with Gasteiger partial charge in [0.1, 0.15) is 0 Å². The number of carbonyl (C=O) groups excluding carboxylic acids is 1. The van der Waals surface area contributed by atoms with E-state index in [2.05, 4.69) is 88.4 Å². The third-order valence-electron chi connectivity index (χ3n) is 7.51. The zero-order chi connectivity index (χ0) is 31.3. The summed E-state index contributed by atoms with van der Waals surface area (Å²) in [5.41, 5.74) is 10.1. The molecule has 0 saturated carbocycles. The van der Waals surface area contributed by atoms with Crippen molar-refractivity contribution in [3.63, 3.8) is 0 Å². The summed E-state index contributed by atoms with van der Waals surface area (Å²) in [6, 6.07) is 23.9. The van der Waals surface area contributed by atoms with Gasteiger partial charge in [-0.15, -0.1) is 29.3 Å². The van der Waals surface area contributed by atoms with Crippen molar-refractivity contribution in [3.8, 4) is 33.5 Å². The third-order valence-corrected chi connectivity index (χ3v) is 7.51. The van der Waals surface area contributed by atoms with Gasteiger partial charge in [0, 0.05) is 45.2 Å². The van der Waals surface area contributed by atoms with Crippen molar-refractivity contribution >= 4 is 16.6 Å². The Morgan fingerprint density at radius 2 is 1.36 bits per heavy atom. The van der Waals surface area contributed by atoms with Gasteiger partial charge in [-0.05, 0) is 63.4 Å². The van der Waals surface area contributed by atoms with Crippen molar-refractivity contribution in [1.29, 1.82) is 0 Å². The maximum atomic E-state index is 11.2. The number of hydrogen-bond acceptors (Lipinski definition) is 3. The molecule has 0 saturated heterocycles. The zero-order valence-electron chi connectivity index (χ0n) is 27.6. The molecular formula is C40H48IrNO2-. The van der Waals surface area contributed by atoms with Crippen LogP contribution < -0.4 is 0 Å². The van der Waals surface area contributed by atoms with Gasteiger partial charge in [0.05, 0.1) is 5.76 Å². The molecule has 235 valence electrons. The molecule has 1 N–H and O–H groups in total. The van der Waals surface area contributed by atoms with Crippen LogP contribution in [0.15, 0.2) is 72.6 Å². The predicted octanol–water partition coefficient (Wildman–Crippen LogP) is 10.8. The minimum Gasteiger partial charge on any atom is -0.512 e. The number of fused-ring (bicyclic) bond motifs is 5. The SMILES string of the molecule is CC(C)CC(=O)/C=C(\O)CC(C)C.CC(C)Cc1c[c-]c2c(c1)-c1ccccc1-c1cc(CC(C)C)cc3ccnc-2c13.[Ir]. The van der Waals surface area contributed by atoms with Crippen LogP contribution in [0.4, 0.5) is 0 Å². The molecule has 1 radical (unpaired) electrons. The van der Waals surface area contributed by atoms with E-state index in [9.17, 15) is 9.90 Å². The second-order valence-corrected chi connectivity index (χ2v) is 13.7. The number of allylic oxidation sites excluding steroid dienone is 2. The van der Waals surface area contributed by atoms with Gasteiger partial charge in [-0.1, -0.05) is 115 Å². The van der Waals surface area contributed by atoms with Gasteiger partial charge in [-0.25, -0.2) is 0 Å². The molecule has 4 aromatic rings. The van der Waals surface area contributed by atoms with Crippen LogP contribution in [0.1, 0.15) is 79.4 Å². The first-order chi connectivity index (χ1) is 20.4. The number of hydrogen-bond donors (Lipinski definition) is 1. The fourth-order valence-electron chi connectivity index (χ4n) is 5.99. The molecule has 44 heavy (non-hydrogen) atoms. The number of benzene rings is 3. The number of rotatable bonds is 9. The molecular weight excluding hydrogens is 719 g/mol. The Hall–Kier alpha value is -3.07. The van der Waals surface area contributed by atoms with Crippen LogP contribution in [0.3, 0.4) is 0 Å². The standard InChI is InChI=1S/C29H28N.C11H20O2.Ir/c1-18(2)13-20-9-10-25-26(16-20)23-7-5-6-8-24(23)27-17-21(14-19(3)4)15-22-11-12-30-29(25)28(22)27;1-8(2)5-10(12)7-11(13)6-9(3)4;/h5-9,11-12,15-19H,13-14H2,1-4H3;7-9,12H,5-6H2,1-4H3;/q-1;;/b;10-7-;. The van der Waals surface area contributed by atoms with Gasteiger partial charge in [0.2, 0.25) is 0 Å². The number of nitrogens with zero attached hydrogens (tertiary/aromatic N) is 1. The predicted molar refractivity (Wildman–Crippen MR) is 182 cm³/mol. The molecule has 4 heteroatoms. The first-order valence-corrected chi connectivity index (χ1v) is 15.9. The van der Waals surface area contributed by atoms with Crippen LogP contribution in [-0.2, 0) is 37.7 Å². The molecule has 0 spiro atoms. The van der Waals surface area contributed by atoms with Gasteiger partial charge < -0.3 is 10.1 Å². The van der Waals surface area contributed by atoms with Gasteiger partial charge in [-0.2, -0.15) is 0 Å². The molecule has 1 aromatic heterocycles. The van der Waals surface area contributed by atoms with Gasteiger partial charge in [0.25, 0.3) is 0 Å². The van der Waals surface area contributed by atoms with Gasteiger partial charge in [-0.3, -0.25) is 4.79 Å². The Bertz CT molecular complexity index is 1610. The molecule has 0 fully saturated rings. The summed E-state index contributed by atoms with van der Waals surface area (Å²) in [6.45, 7) is 17.1. The van der Waals surface area contributed by atoms with E-state index in [-0.39, 0.29) is 31.6 Å². The van der Waals surface area contributed by atoms with Crippen LogP contribution >= 0.6 is 0 Å². The van der Waals surface area contributed by atoms with Gasteiger partial charge >= 0.3 is 0 Å². The van der Waals surface area contributed by atoms with E-state index in [4.69, 9.17) is 4.98 Å². The number of carbonyl (C=O) groups is 1. The van der Waals surface area contributed by atoms with Crippen molar-refractivity contribution in [3.05, 3.63) is 89.8 Å². The number of aromatic nitrogens is 1. The van der Waals surface area contributed by atoms with Crippen molar-refractivity contribution in [2.75, 3.05) is 0 Å². The van der Waals surface area contributed by atoms with E-state index < -0.39 is 0 Å². The van der Waals surface area contributed by atoms with E-state index in [1.165, 1.54) is 50.2 Å². The fourth-order valence-corrected chi connectivity index (χ4v) is 5.99. The molecule has 5 rings (SSSR count). The largest absolute Gasteiger partial charge is 0.512 e. The molecule has 0 aliphatic heterocycles. The summed E-state index contributed by atoms with van der Waals surface area (Å²) >= 11 is 0. The Morgan fingerprint density at radius 3 is 1.98 bits per heavy atom. The van der Waals surface area contributed by atoms with Crippen molar-refractivity contribution in [2.45, 2.75) is 81.1 Å². The Balaban J connectivity index is 0.000000324. The average Bonchev–Trinajstić information content (AvgIpc) is 3.01. The van der Waals surface area contributed by atoms with Crippen molar-refractivity contribution < 1.29 is 30.0 Å². The maximum absolute atomic E-state index is 11.2. The zero-order valence-corrected chi connectivity index (χ0v) is 30.0. The molecule has 3 nitrogen and oxygen atoms in total. The summed E-state index contributed by atoms with van der Waals surface area (Å²) in [7, 11) is 0. The minimum atomic E-state index is 0. The second-order valence-electron chi connectivity index (χ2n) is 13.7. The summed E-state index contributed by atoms with van der Waals surface area (Å²) in [4.78, 5) is 16.1. The molecule has 1 heterocycles. The van der Waals surface area contributed by atoms with Gasteiger partial charge in [0.15, 0.2) is 5.78 Å². The molecule has 0 unspecified atom stereocenters. The molecule has 1 aliphatic carbocycles. The first kappa shape index (κ1) is 35.4. The molecule has 0 amide bonds. The fraction of sp³-hybridized carbons (Fsp3) is 0.400. The summed E-state index contributed by atoms with van der Waals surface area (Å²) < 4.78 is 0.